The van der Waals surface area contributed by atoms with Gasteiger partial charge in [0.2, 0.25) is 0 Å². The molecule has 5 heteroatoms. The number of nitro groups is 1. The second kappa shape index (κ2) is 4.49. The quantitative estimate of drug-likeness (QED) is 0.604. The molecule has 1 rings (SSSR count). The van der Waals surface area contributed by atoms with Gasteiger partial charge in [-0.25, -0.2) is 0 Å². The highest BCUT2D eigenvalue weighted by atomic mass is 16.6. The SMILES string of the molecule is CC(C)(N)CCc1ccc([N+](=O)[O-])c(O)c1. The van der Waals surface area contributed by atoms with Crippen molar-refractivity contribution in [1.29, 1.82) is 0 Å². The summed E-state index contributed by atoms with van der Waals surface area (Å²) in [6.45, 7) is 3.83. The summed E-state index contributed by atoms with van der Waals surface area (Å²) in [6.07, 6.45) is 1.44. The van der Waals surface area contributed by atoms with Gasteiger partial charge in [-0.2, -0.15) is 0 Å². The van der Waals surface area contributed by atoms with Crippen LogP contribution in [-0.2, 0) is 6.42 Å². The molecule has 0 aliphatic carbocycles. The second-order valence-electron chi connectivity index (χ2n) is 4.57. The number of aromatic hydroxyl groups is 1. The van der Waals surface area contributed by atoms with Gasteiger partial charge >= 0.3 is 5.69 Å². The average Bonchev–Trinajstić information content (AvgIpc) is 2.13. The lowest BCUT2D eigenvalue weighted by molar-refractivity contribution is -0.385. The van der Waals surface area contributed by atoms with Crippen LogP contribution >= 0.6 is 0 Å². The maximum Gasteiger partial charge on any atom is 0.310 e. The minimum Gasteiger partial charge on any atom is -0.502 e. The fraction of sp³-hybridized carbons (Fsp3) is 0.455. The number of phenols is 1. The predicted octanol–water partition coefficient (Wildman–Crippen LogP) is 1.97. The number of nitrogens with zero attached hydrogens (tertiary/aromatic N) is 1. The molecule has 0 saturated carbocycles. The summed E-state index contributed by atoms with van der Waals surface area (Å²) < 4.78 is 0. The van der Waals surface area contributed by atoms with Crippen LogP contribution in [0.2, 0.25) is 0 Å². The molecule has 0 unspecified atom stereocenters. The van der Waals surface area contributed by atoms with E-state index in [0.717, 1.165) is 12.0 Å². The van der Waals surface area contributed by atoms with Crippen LogP contribution in [-0.4, -0.2) is 15.6 Å². The molecule has 0 bridgehead atoms. The van der Waals surface area contributed by atoms with E-state index < -0.39 is 4.92 Å². The van der Waals surface area contributed by atoms with E-state index in [0.29, 0.717) is 6.42 Å². The number of nitro benzene ring substituents is 1. The van der Waals surface area contributed by atoms with Gasteiger partial charge in [-0.1, -0.05) is 6.07 Å². The van der Waals surface area contributed by atoms with Gasteiger partial charge in [0.05, 0.1) is 4.92 Å². The number of rotatable bonds is 4. The van der Waals surface area contributed by atoms with Crippen LogP contribution in [0.1, 0.15) is 25.8 Å². The Balaban J connectivity index is 2.78. The Morgan fingerprint density at radius 1 is 1.50 bits per heavy atom. The van der Waals surface area contributed by atoms with Gasteiger partial charge in [-0.3, -0.25) is 10.1 Å². The molecule has 16 heavy (non-hydrogen) atoms. The highest BCUT2D eigenvalue weighted by Gasteiger charge is 2.15. The minimum absolute atomic E-state index is 0.268. The van der Waals surface area contributed by atoms with Crippen molar-refractivity contribution in [3.05, 3.63) is 33.9 Å². The lowest BCUT2D eigenvalue weighted by Gasteiger charge is -2.17. The summed E-state index contributed by atoms with van der Waals surface area (Å²) in [7, 11) is 0. The van der Waals surface area contributed by atoms with Crippen LogP contribution in [0.4, 0.5) is 5.69 Å². The number of nitrogens with two attached hydrogens (primary N) is 1. The first-order chi connectivity index (χ1) is 7.29. The van der Waals surface area contributed by atoms with E-state index in [9.17, 15) is 15.2 Å². The van der Waals surface area contributed by atoms with Gasteiger partial charge < -0.3 is 10.8 Å². The Bertz CT molecular complexity index is 397. The molecular formula is C11H16N2O3. The molecule has 0 radical (unpaired) electrons. The van der Waals surface area contributed by atoms with Crippen molar-refractivity contribution in [2.75, 3.05) is 0 Å². The van der Waals surface area contributed by atoms with Crippen molar-refractivity contribution in [1.82, 2.24) is 0 Å². The Hall–Kier alpha value is -1.62. The topological polar surface area (TPSA) is 89.4 Å². The molecular weight excluding hydrogens is 208 g/mol. The van der Waals surface area contributed by atoms with E-state index in [1.807, 2.05) is 13.8 Å². The van der Waals surface area contributed by atoms with E-state index in [-0.39, 0.29) is 17.0 Å². The highest BCUT2D eigenvalue weighted by Crippen LogP contribution is 2.27. The van der Waals surface area contributed by atoms with Crippen molar-refractivity contribution in [3.8, 4) is 5.75 Å². The van der Waals surface area contributed by atoms with Gasteiger partial charge in [-0.15, -0.1) is 0 Å². The van der Waals surface area contributed by atoms with Crippen molar-refractivity contribution in [2.45, 2.75) is 32.2 Å². The van der Waals surface area contributed by atoms with Crippen LogP contribution in [0.3, 0.4) is 0 Å². The number of hydrogen-bond acceptors (Lipinski definition) is 4. The smallest absolute Gasteiger partial charge is 0.310 e. The molecule has 0 atom stereocenters. The number of benzene rings is 1. The molecule has 1 aromatic rings. The fourth-order valence-electron chi connectivity index (χ4n) is 1.35. The molecule has 0 saturated heterocycles. The molecule has 3 N–H and O–H groups in total. The molecule has 5 nitrogen and oxygen atoms in total. The molecule has 0 amide bonds. The number of hydrogen-bond donors (Lipinski definition) is 2. The molecule has 88 valence electrons. The predicted molar refractivity (Wildman–Crippen MR) is 61.3 cm³/mol. The summed E-state index contributed by atoms with van der Waals surface area (Å²) in [6, 6.07) is 4.38. The summed E-state index contributed by atoms with van der Waals surface area (Å²) >= 11 is 0. The zero-order chi connectivity index (χ0) is 12.3. The second-order valence-corrected chi connectivity index (χ2v) is 4.57. The lowest BCUT2D eigenvalue weighted by atomic mass is 9.96. The van der Waals surface area contributed by atoms with Crippen molar-refractivity contribution in [3.63, 3.8) is 0 Å². The molecule has 0 aliphatic heterocycles. The van der Waals surface area contributed by atoms with Crippen LogP contribution in [0.25, 0.3) is 0 Å². The van der Waals surface area contributed by atoms with Crippen LogP contribution < -0.4 is 5.73 Å². The van der Waals surface area contributed by atoms with Crippen LogP contribution in [0.15, 0.2) is 18.2 Å². The molecule has 0 heterocycles. The van der Waals surface area contributed by atoms with Crippen molar-refractivity contribution in [2.24, 2.45) is 5.73 Å². The summed E-state index contributed by atoms with van der Waals surface area (Å²) in [4.78, 5) is 9.87. The first-order valence-corrected chi connectivity index (χ1v) is 5.05. The van der Waals surface area contributed by atoms with E-state index in [1.54, 1.807) is 6.07 Å². The van der Waals surface area contributed by atoms with Gasteiger partial charge in [0, 0.05) is 11.6 Å². The monoisotopic (exact) mass is 224 g/mol. The normalized spacial score (nSPS) is 11.4. The van der Waals surface area contributed by atoms with E-state index >= 15 is 0 Å². The molecule has 0 fully saturated rings. The van der Waals surface area contributed by atoms with Crippen LogP contribution in [0, 0.1) is 10.1 Å². The van der Waals surface area contributed by atoms with Gasteiger partial charge in [0.25, 0.3) is 0 Å². The lowest BCUT2D eigenvalue weighted by Crippen LogP contribution is -2.32. The standard InChI is InChI=1S/C11H16N2O3/c1-11(2,12)6-5-8-3-4-9(13(15)16)10(14)7-8/h3-4,7,14H,5-6,12H2,1-2H3. The zero-order valence-electron chi connectivity index (χ0n) is 9.43. The summed E-state index contributed by atoms with van der Waals surface area (Å²) in [5, 5.41) is 19.9. The third-order valence-corrected chi connectivity index (χ3v) is 2.29. The molecule has 1 aromatic carbocycles. The van der Waals surface area contributed by atoms with Crippen molar-refractivity contribution >= 4 is 5.69 Å². The zero-order valence-corrected chi connectivity index (χ0v) is 9.43. The highest BCUT2D eigenvalue weighted by molar-refractivity contribution is 5.47. The van der Waals surface area contributed by atoms with E-state index in [1.165, 1.54) is 12.1 Å². The van der Waals surface area contributed by atoms with Gasteiger partial charge in [0.15, 0.2) is 5.75 Å². The summed E-state index contributed by atoms with van der Waals surface area (Å²) in [5.74, 6) is -0.294. The number of aryl methyl sites for hydroxylation is 1. The third kappa shape index (κ3) is 3.51. The van der Waals surface area contributed by atoms with Crippen LogP contribution in [0.5, 0.6) is 5.75 Å². The maximum atomic E-state index is 10.5. The third-order valence-electron chi connectivity index (χ3n) is 2.29. The Morgan fingerprint density at radius 3 is 2.56 bits per heavy atom. The van der Waals surface area contributed by atoms with E-state index in [4.69, 9.17) is 5.73 Å². The molecule has 0 spiro atoms. The van der Waals surface area contributed by atoms with Crippen molar-refractivity contribution < 1.29 is 10.0 Å². The van der Waals surface area contributed by atoms with Gasteiger partial charge in [-0.05, 0) is 38.3 Å². The molecule has 0 aliphatic rings. The summed E-state index contributed by atoms with van der Waals surface area (Å²) in [5.41, 5.74) is 6.13. The first-order valence-electron chi connectivity index (χ1n) is 5.05. The Morgan fingerprint density at radius 2 is 2.12 bits per heavy atom. The van der Waals surface area contributed by atoms with Gasteiger partial charge in [0.1, 0.15) is 0 Å². The average molecular weight is 224 g/mol. The number of phenolic OH excluding ortho intramolecular Hbond substituents is 1. The first kappa shape index (κ1) is 12.4. The largest absolute Gasteiger partial charge is 0.502 e. The Labute approximate surface area is 94.0 Å². The molecule has 0 aromatic heterocycles. The fourth-order valence-corrected chi connectivity index (χ4v) is 1.35. The maximum absolute atomic E-state index is 10.5. The minimum atomic E-state index is -0.605. The van der Waals surface area contributed by atoms with E-state index in [2.05, 4.69) is 0 Å². The Kier molecular flexibility index (Phi) is 3.49.